The third-order valence-electron chi connectivity index (χ3n) is 2.85. The predicted molar refractivity (Wildman–Crippen MR) is 54.0 cm³/mol. The maximum Gasteiger partial charge on any atom is 0.266 e. The highest BCUT2D eigenvalue weighted by atomic mass is 16.5. The zero-order valence-corrected chi connectivity index (χ0v) is 9.36. The van der Waals surface area contributed by atoms with E-state index in [0.717, 1.165) is 6.42 Å². The molecular weight excluding hydrogens is 196 g/mol. The van der Waals surface area contributed by atoms with Gasteiger partial charge >= 0.3 is 0 Å². The molecule has 2 atom stereocenters. The molecule has 1 rings (SSSR count). The lowest BCUT2D eigenvalue weighted by Crippen LogP contribution is -2.50. The van der Waals surface area contributed by atoms with Crippen LogP contribution >= 0.6 is 0 Å². The smallest absolute Gasteiger partial charge is 0.266 e. The first-order valence-electron chi connectivity index (χ1n) is 5.23. The molecule has 5 heteroatoms. The number of hydroxylamine groups is 1. The number of carbonyl (C=O) groups excluding carboxylic acids is 2. The molecule has 1 aliphatic heterocycles. The Kier molecular flexibility index (Phi) is 3.68. The van der Waals surface area contributed by atoms with Crippen LogP contribution < -0.4 is 5.48 Å². The number of hydrogen-bond acceptors (Lipinski definition) is 3. The molecule has 0 aliphatic carbocycles. The van der Waals surface area contributed by atoms with E-state index < -0.39 is 11.9 Å². The van der Waals surface area contributed by atoms with Gasteiger partial charge in [0.2, 0.25) is 5.91 Å². The van der Waals surface area contributed by atoms with Crippen LogP contribution in [0.25, 0.3) is 0 Å². The van der Waals surface area contributed by atoms with Gasteiger partial charge in [0.05, 0.1) is 0 Å². The molecule has 0 aromatic heterocycles. The normalized spacial score (nSPS) is 23.4. The summed E-state index contributed by atoms with van der Waals surface area (Å²) in [4.78, 5) is 24.7. The second kappa shape index (κ2) is 4.61. The highest BCUT2D eigenvalue weighted by Gasteiger charge is 2.38. The molecule has 0 spiro atoms. The Balaban J connectivity index is 2.81. The zero-order valence-electron chi connectivity index (χ0n) is 9.36. The van der Waals surface area contributed by atoms with Gasteiger partial charge in [-0.25, -0.2) is 5.48 Å². The quantitative estimate of drug-likeness (QED) is 0.527. The molecule has 2 N–H and O–H groups in total. The first-order valence-corrected chi connectivity index (χ1v) is 5.23. The third-order valence-corrected chi connectivity index (χ3v) is 2.85. The van der Waals surface area contributed by atoms with E-state index in [1.54, 1.807) is 10.4 Å². The van der Waals surface area contributed by atoms with Gasteiger partial charge in [0.25, 0.3) is 5.91 Å². The number of nitrogens with zero attached hydrogens (tertiary/aromatic N) is 1. The molecule has 1 saturated heterocycles. The lowest BCUT2D eigenvalue weighted by molar-refractivity contribution is -0.144. The minimum absolute atomic E-state index is 0.00250. The molecule has 0 aromatic carbocycles. The predicted octanol–water partition coefficient (Wildman–Crippen LogP) is 0.385. The van der Waals surface area contributed by atoms with E-state index in [1.807, 2.05) is 20.8 Å². The maximum absolute atomic E-state index is 11.7. The summed E-state index contributed by atoms with van der Waals surface area (Å²) in [6.45, 7) is 6.17. The number of likely N-dealkylation sites (tertiary alicyclic amines) is 1. The van der Waals surface area contributed by atoms with Crippen molar-refractivity contribution >= 4 is 11.8 Å². The zero-order chi connectivity index (χ0) is 11.6. The van der Waals surface area contributed by atoms with E-state index in [2.05, 4.69) is 0 Å². The molecular formula is C10H18N2O3. The standard InChI is InChI=1S/C10H18N2O3/c1-6(2)8(9(13)11-15)12-5-4-7(3)10(12)14/h6-8,15H,4-5H2,1-3H3,(H,11,13). The van der Waals surface area contributed by atoms with Crippen LogP contribution in [0.2, 0.25) is 0 Å². The van der Waals surface area contributed by atoms with Crippen molar-refractivity contribution in [3.05, 3.63) is 0 Å². The number of hydrogen-bond donors (Lipinski definition) is 2. The fourth-order valence-corrected chi connectivity index (χ4v) is 2.00. The van der Waals surface area contributed by atoms with Crippen LogP contribution in [0.4, 0.5) is 0 Å². The van der Waals surface area contributed by atoms with E-state index >= 15 is 0 Å². The van der Waals surface area contributed by atoms with Crippen molar-refractivity contribution in [3.8, 4) is 0 Å². The average Bonchev–Trinajstić information content (AvgIpc) is 2.49. The number of rotatable bonds is 3. The van der Waals surface area contributed by atoms with Crippen LogP contribution in [0, 0.1) is 11.8 Å². The van der Waals surface area contributed by atoms with Crippen LogP contribution in [0.1, 0.15) is 27.2 Å². The van der Waals surface area contributed by atoms with Crippen LogP contribution in [0.5, 0.6) is 0 Å². The van der Waals surface area contributed by atoms with Crippen LogP contribution in [0.3, 0.4) is 0 Å². The first-order chi connectivity index (χ1) is 6.99. The Morgan fingerprint density at radius 1 is 1.60 bits per heavy atom. The Bertz CT molecular complexity index is 265. The summed E-state index contributed by atoms with van der Waals surface area (Å²) in [5.74, 6) is -0.533. The lowest BCUT2D eigenvalue weighted by Gasteiger charge is -2.29. The molecule has 0 saturated carbocycles. The summed E-state index contributed by atoms with van der Waals surface area (Å²) in [7, 11) is 0. The van der Waals surface area contributed by atoms with Gasteiger partial charge in [-0.05, 0) is 12.3 Å². The van der Waals surface area contributed by atoms with Gasteiger partial charge in [-0.3, -0.25) is 14.8 Å². The Hall–Kier alpha value is -1.10. The molecule has 0 aromatic rings. The maximum atomic E-state index is 11.7. The molecule has 2 unspecified atom stereocenters. The molecule has 0 radical (unpaired) electrons. The van der Waals surface area contributed by atoms with E-state index in [-0.39, 0.29) is 17.7 Å². The highest BCUT2D eigenvalue weighted by molar-refractivity contribution is 5.89. The van der Waals surface area contributed by atoms with Crippen molar-refractivity contribution in [1.29, 1.82) is 0 Å². The van der Waals surface area contributed by atoms with Gasteiger partial charge in [0.15, 0.2) is 0 Å². The SMILES string of the molecule is CC1CCN(C(C(=O)NO)C(C)C)C1=O. The third kappa shape index (κ3) is 2.28. The molecule has 15 heavy (non-hydrogen) atoms. The Morgan fingerprint density at radius 3 is 2.53 bits per heavy atom. The van der Waals surface area contributed by atoms with E-state index in [9.17, 15) is 9.59 Å². The summed E-state index contributed by atoms with van der Waals surface area (Å²) in [6, 6.07) is -0.563. The summed E-state index contributed by atoms with van der Waals surface area (Å²) in [6.07, 6.45) is 0.779. The van der Waals surface area contributed by atoms with Crippen molar-refractivity contribution in [3.63, 3.8) is 0 Å². The van der Waals surface area contributed by atoms with Crippen molar-refractivity contribution in [2.75, 3.05) is 6.54 Å². The molecule has 1 aliphatic rings. The van der Waals surface area contributed by atoms with Gasteiger partial charge in [-0.2, -0.15) is 0 Å². The largest absolute Gasteiger partial charge is 0.330 e. The van der Waals surface area contributed by atoms with E-state index in [1.165, 1.54) is 0 Å². The van der Waals surface area contributed by atoms with Gasteiger partial charge in [-0.1, -0.05) is 20.8 Å². The molecule has 0 bridgehead atoms. The number of amides is 2. The number of nitrogens with one attached hydrogen (secondary N) is 1. The van der Waals surface area contributed by atoms with Crippen molar-refractivity contribution in [2.24, 2.45) is 11.8 Å². The van der Waals surface area contributed by atoms with Gasteiger partial charge < -0.3 is 4.90 Å². The molecule has 2 amide bonds. The molecule has 86 valence electrons. The molecule has 5 nitrogen and oxygen atoms in total. The van der Waals surface area contributed by atoms with E-state index in [4.69, 9.17) is 5.21 Å². The Labute approximate surface area is 89.4 Å². The van der Waals surface area contributed by atoms with Crippen LogP contribution in [-0.4, -0.2) is 34.5 Å². The minimum Gasteiger partial charge on any atom is -0.330 e. The fourth-order valence-electron chi connectivity index (χ4n) is 2.00. The monoisotopic (exact) mass is 214 g/mol. The second-order valence-corrected chi connectivity index (χ2v) is 4.39. The van der Waals surface area contributed by atoms with Gasteiger partial charge in [0.1, 0.15) is 6.04 Å². The fraction of sp³-hybridized carbons (Fsp3) is 0.800. The van der Waals surface area contributed by atoms with Crippen LogP contribution in [-0.2, 0) is 9.59 Å². The average molecular weight is 214 g/mol. The Morgan fingerprint density at radius 2 is 2.20 bits per heavy atom. The van der Waals surface area contributed by atoms with E-state index in [0.29, 0.717) is 6.54 Å². The summed E-state index contributed by atoms with van der Waals surface area (Å²) >= 11 is 0. The van der Waals surface area contributed by atoms with Gasteiger partial charge in [0, 0.05) is 12.5 Å². The van der Waals surface area contributed by atoms with Crippen LogP contribution in [0.15, 0.2) is 0 Å². The minimum atomic E-state index is -0.563. The number of carbonyl (C=O) groups is 2. The topological polar surface area (TPSA) is 69.6 Å². The highest BCUT2D eigenvalue weighted by Crippen LogP contribution is 2.23. The summed E-state index contributed by atoms with van der Waals surface area (Å²) < 4.78 is 0. The van der Waals surface area contributed by atoms with Crippen molar-refractivity contribution in [1.82, 2.24) is 10.4 Å². The summed E-state index contributed by atoms with van der Waals surface area (Å²) in [5, 5.41) is 8.63. The second-order valence-electron chi connectivity index (χ2n) is 4.39. The molecule has 1 fully saturated rings. The summed E-state index contributed by atoms with van der Waals surface area (Å²) in [5.41, 5.74) is 1.63. The van der Waals surface area contributed by atoms with Crippen molar-refractivity contribution < 1.29 is 14.8 Å². The lowest BCUT2D eigenvalue weighted by atomic mass is 10.0. The van der Waals surface area contributed by atoms with Crippen molar-refractivity contribution in [2.45, 2.75) is 33.2 Å². The first kappa shape index (κ1) is 12.0. The molecule has 1 heterocycles. The van der Waals surface area contributed by atoms with Gasteiger partial charge in [-0.15, -0.1) is 0 Å².